The van der Waals surface area contributed by atoms with Crippen LogP contribution in [0.5, 0.6) is 0 Å². The molecule has 6 heteroatoms. The summed E-state index contributed by atoms with van der Waals surface area (Å²) in [6, 6.07) is 6.67. The van der Waals surface area contributed by atoms with Gasteiger partial charge in [-0.15, -0.1) is 0 Å². The van der Waals surface area contributed by atoms with Gasteiger partial charge in [0.25, 0.3) is 0 Å². The van der Waals surface area contributed by atoms with Crippen LogP contribution in [0.4, 0.5) is 0 Å². The molecule has 0 aromatic heterocycles. The summed E-state index contributed by atoms with van der Waals surface area (Å²) in [7, 11) is -3.37. The van der Waals surface area contributed by atoms with Gasteiger partial charge in [0.15, 0.2) is 0 Å². The van der Waals surface area contributed by atoms with Crippen LogP contribution in [0.1, 0.15) is 5.56 Å². The van der Waals surface area contributed by atoms with Crippen molar-refractivity contribution in [3.05, 3.63) is 49.6 Å². The van der Waals surface area contributed by atoms with E-state index >= 15 is 0 Å². The number of nitrogens with two attached hydrogens (primary N) is 1. The van der Waals surface area contributed by atoms with Gasteiger partial charge in [-0.3, -0.25) is 0 Å². The van der Waals surface area contributed by atoms with Gasteiger partial charge in [-0.05, 0) is 0 Å². The third-order valence-corrected chi connectivity index (χ3v) is 12.6. The molecule has 0 unspecified atom stereocenters. The third-order valence-electron chi connectivity index (χ3n) is 2.51. The first-order chi connectivity index (χ1) is 8.12. The second-order valence-corrected chi connectivity index (χ2v) is 12.7. The topological polar surface area (TPSA) is 72.2 Å². The van der Waals surface area contributed by atoms with E-state index in [1.807, 2.05) is 19.8 Å². The summed E-state index contributed by atoms with van der Waals surface area (Å²) < 4.78 is 30.8. The Bertz CT molecular complexity index is 537. The normalized spacial score (nSPS) is 14.5. The molecule has 0 spiro atoms. The van der Waals surface area contributed by atoms with E-state index in [2.05, 4.69) is 2.71 Å². The monoisotopic (exact) mass is 352 g/mol. The average Bonchev–Trinajstić information content (AvgIpc) is 2.81. The fraction of sp³-hybridized carbons (Fsp3) is 0.0909. The van der Waals surface area contributed by atoms with Gasteiger partial charge in [0.1, 0.15) is 0 Å². The molecule has 0 bridgehead atoms. The molecule has 1 aliphatic rings. The van der Waals surface area contributed by atoms with E-state index in [9.17, 15) is 8.42 Å². The van der Waals surface area contributed by atoms with Crippen LogP contribution < -0.4 is 8.44 Å². The molecular weight excluding hydrogens is 339 g/mol. The average molecular weight is 352 g/mol. The Morgan fingerprint density at radius 1 is 1.12 bits per heavy atom. The molecule has 0 radical (unpaired) electrons. The van der Waals surface area contributed by atoms with Crippen LogP contribution in [0.25, 0.3) is 0 Å². The van der Waals surface area contributed by atoms with Gasteiger partial charge < -0.3 is 0 Å². The van der Waals surface area contributed by atoms with Crippen LogP contribution in [0.2, 0.25) is 0 Å². The first-order valence-corrected chi connectivity index (χ1v) is 12.2. The van der Waals surface area contributed by atoms with Crippen molar-refractivity contribution in [2.45, 2.75) is 11.4 Å². The van der Waals surface area contributed by atoms with E-state index in [1.54, 1.807) is 24.3 Å². The summed E-state index contributed by atoms with van der Waals surface area (Å²) >= 11 is -2.32. The summed E-state index contributed by atoms with van der Waals surface area (Å²) in [6.07, 6.45) is 3.81. The molecule has 2 rings (SSSR count). The van der Waals surface area contributed by atoms with Gasteiger partial charge in [0.2, 0.25) is 0 Å². The van der Waals surface area contributed by atoms with Gasteiger partial charge >= 0.3 is 110 Å². The molecule has 0 amide bonds. The number of nitrogens with one attached hydrogen (secondary N) is 1. The first-order valence-electron chi connectivity index (χ1n) is 5.28. The summed E-state index contributed by atoms with van der Waals surface area (Å²) in [5.74, 6) is 0. The van der Waals surface area contributed by atoms with Crippen molar-refractivity contribution < 1.29 is 8.42 Å². The van der Waals surface area contributed by atoms with Crippen molar-refractivity contribution in [2.75, 3.05) is 0 Å². The van der Waals surface area contributed by atoms with E-state index in [-0.39, 0.29) is 0 Å². The van der Waals surface area contributed by atoms with Gasteiger partial charge in [0, 0.05) is 0 Å². The van der Waals surface area contributed by atoms with Gasteiger partial charge in [0.05, 0.1) is 0 Å². The van der Waals surface area contributed by atoms with Gasteiger partial charge in [-0.25, -0.2) is 0 Å². The summed E-state index contributed by atoms with van der Waals surface area (Å²) in [4.78, 5) is 0.306. The number of allylic oxidation sites excluding steroid dienone is 2. The fourth-order valence-electron chi connectivity index (χ4n) is 1.56. The van der Waals surface area contributed by atoms with E-state index < -0.39 is 31.7 Å². The van der Waals surface area contributed by atoms with E-state index in [4.69, 9.17) is 5.73 Å². The Labute approximate surface area is 109 Å². The number of sulfonamides is 1. The quantitative estimate of drug-likeness (QED) is 0.835. The Morgan fingerprint density at radius 3 is 2.24 bits per heavy atom. The third kappa shape index (κ3) is 3.22. The second-order valence-electron chi connectivity index (χ2n) is 3.76. The predicted molar refractivity (Wildman–Crippen MR) is 68.7 cm³/mol. The molecule has 1 aromatic carbocycles. The molecule has 1 heterocycles. The predicted octanol–water partition coefficient (Wildman–Crippen LogP) is 0.619. The van der Waals surface area contributed by atoms with Crippen LogP contribution >= 0.6 is 0 Å². The molecule has 17 heavy (non-hydrogen) atoms. The second kappa shape index (κ2) is 5.39. The summed E-state index contributed by atoms with van der Waals surface area (Å²) in [6.45, 7) is 0.418. The molecule has 0 saturated heterocycles. The van der Waals surface area contributed by atoms with Crippen LogP contribution in [0.3, 0.4) is 0 Å². The van der Waals surface area contributed by atoms with Crippen molar-refractivity contribution in [1.82, 2.24) is 2.71 Å². The zero-order chi connectivity index (χ0) is 12.3. The summed E-state index contributed by atoms with van der Waals surface area (Å²) in [5.41, 5.74) is 6.39. The molecule has 1 aliphatic heterocycles. The SMILES string of the molecule is NCc1ccc(S(=O)(=O)[NH][In]2[CH]=CC=[CH]2)cc1. The molecule has 0 aliphatic carbocycles. The van der Waals surface area contributed by atoms with Crippen molar-refractivity contribution in [1.29, 1.82) is 0 Å². The van der Waals surface area contributed by atoms with E-state index in [1.165, 1.54) is 0 Å². The van der Waals surface area contributed by atoms with Crippen molar-refractivity contribution >= 4 is 31.7 Å². The molecule has 0 atom stereocenters. The summed E-state index contributed by atoms with van der Waals surface area (Å²) in [5, 5.41) is 0. The molecule has 88 valence electrons. The maximum atomic E-state index is 12.0. The minimum absolute atomic E-state index is 0.306. The van der Waals surface area contributed by atoms with Crippen LogP contribution in [0.15, 0.2) is 49.0 Å². The number of rotatable bonds is 4. The maximum absolute atomic E-state index is 12.0. The van der Waals surface area contributed by atoms with Gasteiger partial charge in [-0.2, -0.15) is 0 Å². The molecule has 0 saturated carbocycles. The standard InChI is InChI=1S/C7H9N2O2S.C4H4.In/c8-5-6-1-3-7(4-2-6)12(9,10)11;1-3-4-2;/h1-4H,5,8H2,(H-,9,10,11);1-4H;/q-1;;+1. The zero-order valence-electron chi connectivity index (χ0n) is 9.21. The Morgan fingerprint density at radius 2 is 1.71 bits per heavy atom. The van der Waals surface area contributed by atoms with E-state index in [0.29, 0.717) is 11.4 Å². The Hall–Kier alpha value is -0.560. The van der Waals surface area contributed by atoms with Crippen LogP contribution in [-0.2, 0) is 16.6 Å². The molecule has 1 aromatic rings. The molecular formula is C11H13InN2O2S. The molecule has 4 nitrogen and oxygen atoms in total. The van der Waals surface area contributed by atoms with Crippen LogP contribution in [0, 0.1) is 0 Å². The molecule has 3 N–H and O–H groups in total. The Balaban J connectivity index is 2.18. The number of hydrogen-bond acceptors (Lipinski definition) is 3. The van der Waals surface area contributed by atoms with E-state index in [0.717, 1.165) is 5.56 Å². The first kappa shape index (κ1) is 12.9. The van der Waals surface area contributed by atoms with Crippen LogP contribution in [-0.4, -0.2) is 30.1 Å². The number of benzene rings is 1. The number of hydrogen-bond donors (Lipinski definition) is 2. The minimum atomic E-state index is -3.37. The Kier molecular flexibility index (Phi) is 4.09. The van der Waals surface area contributed by atoms with Gasteiger partial charge in [-0.1, -0.05) is 0 Å². The van der Waals surface area contributed by atoms with Crippen molar-refractivity contribution in [2.24, 2.45) is 5.73 Å². The fourth-order valence-corrected chi connectivity index (χ4v) is 10.8. The molecule has 0 fully saturated rings. The van der Waals surface area contributed by atoms with Crippen molar-refractivity contribution in [3.63, 3.8) is 0 Å². The zero-order valence-corrected chi connectivity index (χ0v) is 13.3. The van der Waals surface area contributed by atoms with Crippen molar-refractivity contribution in [3.8, 4) is 0 Å².